The molecule has 0 radical (unpaired) electrons. The molecule has 0 unspecified atom stereocenters. The Labute approximate surface area is 177 Å². The van der Waals surface area contributed by atoms with Gasteiger partial charge in [-0.2, -0.15) is 0 Å². The fraction of sp³-hybridized carbons (Fsp3) is 0.0435. The zero-order chi connectivity index (χ0) is 21.1. The zero-order valence-electron chi connectivity index (χ0n) is 16.2. The van der Waals surface area contributed by atoms with Crippen LogP contribution in [0.2, 0.25) is 0 Å². The van der Waals surface area contributed by atoms with Crippen molar-refractivity contribution >= 4 is 44.6 Å². The lowest BCUT2D eigenvalue weighted by Gasteiger charge is -2.12. The van der Waals surface area contributed by atoms with Crippen LogP contribution in [0.5, 0.6) is 0 Å². The maximum Gasteiger partial charge on any atom is 0.291 e. The Hall–Kier alpha value is -3.84. The number of fused-ring (bicyclic) bond motifs is 1. The largest absolute Gasteiger partial charge is 0.456 e. The summed E-state index contributed by atoms with van der Waals surface area (Å²) in [7, 11) is 0. The van der Waals surface area contributed by atoms with E-state index in [0.717, 1.165) is 15.6 Å². The van der Waals surface area contributed by atoms with Crippen molar-refractivity contribution in [3.05, 3.63) is 95.3 Å². The van der Waals surface area contributed by atoms with E-state index in [-0.39, 0.29) is 17.6 Å². The topological polar surface area (TPSA) is 83.4 Å². The Morgan fingerprint density at radius 1 is 0.967 bits per heavy atom. The summed E-state index contributed by atoms with van der Waals surface area (Å²) in [5, 5.41) is 5.52. The predicted octanol–water partition coefficient (Wildman–Crippen LogP) is 4.96. The van der Waals surface area contributed by atoms with E-state index >= 15 is 0 Å². The van der Waals surface area contributed by atoms with Crippen molar-refractivity contribution in [2.75, 3.05) is 5.32 Å². The fourth-order valence-corrected chi connectivity index (χ4v) is 3.90. The molecule has 2 amide bonds. The Bertz CT molecular complexity index is 1260. The number of hydrogen-bond acceptors (Lipinski definition) is 5. The second-order valence-corrected chi connectivity index (χ2v) is 7.56. The van der Waals surface area contributed by atoms with Crippen LogP contribution < -0.4 is 16.2 Å². The maximum atomic E-state index is 12.6. The van der Waals surface area contributed by atoms with Crippen LogP contribution in [0.1, 0.15) is 32.2 Å². The lowest BCUT2D eigenvalue weighted by molar-refractivity contribution is 0.0943. The number of rotatable bonds is 6. The van der Waals surface area contributed by atoms with Crippen molar-refractivity contribution < 1.29 is 14.0 Å². The van der Waals surface area contributed by atoms with Gasteiger partial charge in [0.05, 0.1) is 11.3 Å². The first-order valence-corrected chi connectivity index (χ1v) is 10.1. The first-order chi connectivity index (χ1) is 14.5. The second kappa shape index (κ2) is 8.26. The number of hydrazine groups is 1. The summed E-state index contributed by atoms with van der Waals surface area (Å²) in [5.41, 5.74) is 7.93. The molecule has 0 spiro atoms. The van der Waals surface area contributed by atoms with Crippen LogP contribution in [0.15, 0.2) is 77.0 Å². The van der Waals surface area contributed by atoms with Crippen LogP contribution in [0.3, 0.4) is 0 Å². The SMILES string of the molecule is C=C(NNC(=O)c1csc2ccccc12)c1cccc(NC(=O)c2ccc(C)o2)c1. The molecule has 0 aliphatic rings. The Balaban J connectivity index is 1.40. The first kappa shape index (κ1) is 19.5. The summed E-state index contributed by atoms with van der Waals surface area (Å²) in [4.78, 5) is 24.8. The van der Waals surface area contributed by atoms with Gasteiger partial charge in [-0.3, -0.25) is 20.4 Å². The van der Waals surface area contributed by atoms with Crippen molar-refractivity contribution in [2.45, 2.75) is 6.92 Å². The quantitative estimate of drug-likeness (QED) is 0.387. The highest BCUT2D eigenvalue weighted by atomic mass is 32.1. The van der Waals surface area contributed by atoms with E-state index in [1.54, 1.807) is 37.3 Å². The number of aryl methyl sites for hydroxylation is 1. The molecule has 4 rings (SSSR count). The molecule has 30 heavy (non-hydrogen) atoms. The van der Waals surface area contributed by atoms with Gasteiger partial charge in [0.2, 0.25) is 0 Å². The summed E-state index contributed by atoms with van der Waals surface area (Å²) in [5.74, 6) is 0.327. The van der Waals surface area contributed by atoms with Crippen molar-refractivity contribution in [1.29, 1.82) is 0 Å². The fourth-order valence-electron chi connectivity index (χ4n) is 2.96. The van der Waals surface area contributed by atoms with Gasteiger partial charge < -0.3 is 9.73 Å². The molecular formula is C23H19N3O3S. The van der Waals surface area contributed by atoms with Crippen molar-refractivity contribution in [3.63, 3.8) is 0 Å². The number of anilines is 1. The molecule has 2 aromatic heterocycles. The van der Waals surface area contributed by atoms with Gasteiger partial charge in [-0.1, -0.05) is 36.9 Å². The third-order valence-electron chi connectivity index (χ3n) is 4.49. The van der Waals surface area contributed by atoms with E-state index in [1.165, 1.54) is 11.3 Å². The van der Waals surface area contributed by atoms with E-state index in [4.69, 9.17) is 4.42 Å². The van der Waals surface area contributed by atoms with Crippen LogP contribution in [-0.4, -0.2) is 11.8 Å². The Morgan fingerprint density at radius 2 is 1.80 bits per heavy atom. The molecule has 7 heteroatoms. The summed E-state index contributed by atoms with van der Waals surface area (Å²) >= 11 is 1.52. The number of benzene rings is 2. The first-order valence-electron chi connectivity index (χ1n) is 9.21. The van der Waals surface area contributed by atoms with E-state index in [9.17, 15) is 9.59 Å². The third kappa shape index (κ3) is 4.11. The van der Waals surface area contributed by atoms with Crippen LogP contribution in [-0.2, 0) is 0 Å². The van der Waals surface area contributed by atoms with Crippen LogP contribution in [0, 0.1) is 6.92 Å². The molecule has 0 aliphatic heterocycles. The normalized spacial score (nSPS) is 10.6. The standard InChI is InChI=1S/C23H19N3O3S/c1-14-10-11-20(29-14)23(28)24-17-7-5-6-16(12-17)15(2)25-26-22(27)19-13-30-21-9-4-3-8-18(19)21/h3-13,25H,2H2,1H3,(H,24,28)(H,26,27). The second-order valence-electron chi connectivity index (χ2n) is 6.65. The van der Waals surface area contributed by atoms with E-state index in [0.29, 0.717) is 22.7 Å². The van der Waals surface area contributed by atoms with Crippen LogP contribution in [0.25, 0.3) is 15.8 Å². The molecule has 3 N–H and O–H groups in total. The molecule has 0 saturated carbocycles. The summed E-state index contributed by atoms with van der Waals surface area (Å²) in [6, 6.07) is 18.2. The number of carbonyl (C=O) groups is 2. The molecule has 0 fully saturated rings. The van der Waals surface area contributed by atoms with Gasteiger partial charge in [0.25, 0.3) is 11.8 Å². The highest BCUT2D eigenvalue weighted by molar-refractivity contribution is 7.17. The highest BCUT2D eigenvalue weighted by Crippen LogP contribution is 2.25. The minimum absolute atomic E-state index is 0.241. The minimum Gasteiger partial charge on any atom is -0.456 e. The van der Waals surface area contributed by atoms with Gasteiger partial charge in [0.15, 0.2) is 5.76 Å². The van der Waals surface area contributed by atoms with Crippen LogP contribution >= 0.6 is 11.3 Å². The monoisotopic (exact) mass is 417 g/mol. The number of amides is 2. The van der Waals surface area contributed by atoms with Crippen LogP contribution in [0.4, 0.5) is 5.69 Å². The number of carbonyl (C=O) groups excluding carboxylic acids is 2. The van der Waals surface area contributed by atoms with Gasteiger partial charge in [-0.25, -0.2) is 0 Å². The molecule has 2 heterocycles. The molecule has 0 atom stereocenters. The summed E-state index contributed by atoms with van der Waals surface area (Å²) in [6.07, 6.45) is 0. The van der Waals surface area contributed by atoms with Gasteiger partial charge >= 0.3 is 0 Å². The van der Waals surface area contributed by atoms with E-state index < -0.39 is 0 Å². The molecule has 0 aliphatic carbocycles. The van der Waals surface area contributed by atoms with Gasteiger partial charge in [-0.15, -0.1) is 11.3 Å². The Kier molecular flexibility index (Phi) is 5.36. The van der Waals surface area contributed by atoms with Gasteiger partial charge in [-0.05, 0) is 37.3 Å². The van der Waals surface area contributed by atoms with Gasteiger partial charge in [0.1, 0.15) is 5.76 Å². The average molecular weight is 417 g/mol. The highest BCUT2D eigenvalue weighted by Gasteiger charge is 2.13. The van der Waals surface area contributed by atoms with Crippen molar-refractivity contribution in [2.24, 2.45) is 0 Å². The summed E-state index contributed by atoms with van der Waals surface area (Å²) in [6.45, 7) is 5.75. The molecular weight excluding hydrogens is 398 g/mol. The minimum atomic E-state index is -0.337. The molecule has 2 aromatic carbocycles. The number of thiophene rings is 1. The van der Waals surface area contributed by atoms with Crippen molar-refractivity contribution in [3.8, 4) is 0 Å². The smallest absolute Gasteiger partial charge is 0.291 e. The Morgan fingerprint density at radius 3 is 2.60 bits per heavy atom. The van der Waals surface area contributed by atoms with Gasteiger partial charge in [0, 0.05) is 26.7 Å². The van der Waals surface area contributed by atoms with Crippen molar-refractivity contribution in [1.82, 2.24) is 10.9 Å². The number of nitrogens with one attached hydrogen (secondary N) is 3. The van der Waals surface area contributed by atoms with E-state index in [1.807, 2.05) is 35.7 Å². The number of furan rings is 1. The van der Waals surface area contributed by atoms with E-state index in [2.05, 4.69) is 22.7 Å². The predicted molar refractivity (Wildman–Crippen MR) is 119 cm³/mol. The molecule has 0 saturated heterocycles. The average Bonchev–Trinajstić information content (AvgIpc) is 3.38. The maximum absolute atomic E-state index is 12.6. The molecule has 6 nitrogen and oxygen atoms in total. The lowest BCUT2D eigenvalue weighted by atomic mass is 10.1. The third-order valence-corrected chi connectivity index (χ3v) is 5.45. The summed E-state index contributed by atoms with van der Waals surface area (Å²) < 4.78 is 6.39. The zero-order valence-corrected chi connectivity index (χ0v) is 17.0. The molecule has 4 aromatic rings. The number of hydrogen-bond donors (Lipinski definition) is 3. The molecule has 150 valence electrons. The lowest BCUT2D eigenvalue weighted by Crippen LogP contribution is -2.35. The molecule has 0 bridgehead atoms.